The number of nitrogens with zero attached hydrogens (tertiary/aromatic N) is 4. The summed E-state index contributed by atoms with van der Waals surface area (Å²) in [5.74, 6) is 0.705. The van der Waals surface area contributed by atoms with E-state index in [1.54, 1.807) is 0 Å². The number of carbonyl (C=O) groups is 4. The van der Waals surface area contributed by atoms with Gasteiger partial charge in [0.1, 0.15) is 17.9 Å². The Kier molecular flexibility index (Phi) is 11.6. The molecule has 2 bridgehead atoms. The van der Waals surface area contributed by atoms with Crippen LogP contribution in [0.5, 0.6) is 0 Å². The highest BCUT2D eigenvalue weighted by atomic mass is 16.5. The van der Waals surface area contributed by atoms with Crippen molar-refractivity contribution in [3.05, 3.63) is 120 Å². The van der Waals surface area contributed by atoms with Crippen molar-refractivity contribution in [2.24, 2.45) is 16.8 Å². The molecule has 3 fully saturated rings. The molecule has 4 aliphatic rings. The molecule has 4 amide bonds. The molecular formula is C50H53N7O6. The van der Waals surface area contributed by atoms with Gasteiger partial charge in [0.2, 0.25) is 5.91 Å². The van der Waals surface area contributed by atoms with Crippen LogP contribution in [0.2, 0.25) is 0 Å². The number of piperidine rings is 1. The van der Waals surface area contributed by atoms with Gasteiger partial charge in [0.05, 0.1) is 38.2 Å². The Hall–Kier alpha value is -6.76. The van der Waals surface area contributed by atoms with Crippen LogP contribution in [0.15, 0.2) is 108 Å². The van der Waals surface area contributed by atoms with E-state index in [0.717, 1.165) is 93.5 Å². The number of hydrogen-bond acceptors (Lipinski definition) is 8. The van der Waals surface area contributed by atoms with E-state index >= 15 is 0 Å². The number of aliphatic imine (C=N–C) groups is 1. The van der Waals surface area contributed by atoms with E-state index in [1.165, 1.54) is 14.2 Å². The highest BCUT2D eigenvalue weighted by molar-refractivity contribution is 6.04. The minimum atomic E-state index is -0.846. The molecule has 13 heteroatoms. The van der Waals surface area contributed by atoms with Crippen LogP contribution in [-0.2, 0) is 19.1 Å². The minimum Gasteiger partial charge on any atom is -0.453 e. The van der Waals surface area contributed by atoms with E-state index in [0.29, 0.717) is 18.9 Å². The lowest BCUT2D eigenvalue weighted by Crippen LogP contribution is -2.53. The lowest BCUT2D eigenvalue weighted by Gasteiger charge is -2.38. The molecule has 3 aliphatic heterocycles. The third-order valence-corrected chi connectivity index (χ3v) is 13.3. The third-order valence-electron chi connectivity index (χ3n) is 13.3. The van der Waals surface area contributed by atoms with Crippen molar-refractivity contribution in [1.82, 2.24) is 30.4 Å². The second kappa shape index (κ2) is 17.5. The SMILES string of the molecule is COC(=O)N[C@H](C(=O)N1CCC[C@H]1c1ncc(-c2ccc3cc(-c4ccc(C5=CN=C([C@@H]6[C@@H]7CC[C@@H](C7)N6C(=O)[C@H](NC(=O)OC)c6ccccc6)C5)cc4)ccc3c2)[nH]1)C(C)C. The number of methoxy groups -OCH3 is 2. The molecule has 5 aromatic rings. The number of amides is 4. The number of fused-ring (bicyclic) bond motifs is 3. The number of likely N-dealkylation sites (tertiary alicyclic amines) is 2. The molecule has 0 spiro atoms. The maximum absolute atomic E-state index is 14.3. The molecule has 63 heavy (non-hydrogen) atoms. The van der Waals surface area contributed by atoms with Gasteiger partial charge in [0.25, 0.3) is 5.91 Å². The van der Waals surface area contributed by atoms with Gasteiger partial charge in [0.15, 0.2) is 0 Å². The number of allylic oxidation sites excluding steroid dienone is 1. The number of ether oxygens (including phenoxy) is 2. The first-order valence-corrected chi connectivity index (χ1v) is 21.9. The van der Waals surface area contributed by atoms with Crippen LogP contribution in [0, 0.1) is 11.8 Å². The fourth-order valence-corrected chi connectivity index (χ4v) is 10.1. The fraction of sp³-hybridized carbons (Fsp3) is 0.360. The number of aromatic amines is 1. The molecule has 1 aromatic heterocycles. The van der Waals surface area contributed by atoms with Crippen LogP contribution in [0.3, 0.4) is 0 Å². The van der Waals surface area contributed by atoms with Gasteiger partial charge in [-0.05, 0) is 94.7 Å². The van der Waals surface area contributed by atoms with Crippen molar-refractivity contribution < 1.29 is 28.7 Å². The fourth-order valence-electron chi connectivity index (χ4n) is 10.1. The summed E-state index contributed by atoms with van der Waals surface area (Å²) in [6.07, 6.45) is 7.77. The number of alkyl carbamates (subject to hydrolysis) is 2. The molecule has 3 N–H and O–H groups in total. The average Bonchev–Trinajstić information content (AvgIpc) is 4.18. The van der Waals surface area contributed by atoms with Crippen molar-refractivity contribution in [1.29, 1.82) is 0 Å². The second-order valence-electron chi connectivity index (χ2n) is 17.4. The Morgan fingerprint density at radius 2 is 1.46 bits per heavy atom. The number of benzene rings is 4. The Morgan fingerprint density at radius 3 is 2.19 bits per heavy atom. The summed E-state index contributed by atoms with van der Waals surface area (Å²) in [6, 6.07) is 29.1. The second-order valence-corrected chi connectivity index (χ2v) is 17.4. The zero-order valence-electron chi connectivity index (χ0n) is 36.0. The van der Waals surface area contributed by atoms with Crippen LogP contribution < -0.4 is 10.6 Å². The Bertz CT molecular complexity index is 2600. The maximum Gasteiger partial charge on any atom is 0.407 e. The van der Waals surface area contributed by atoms with Crippen molar-refractivity contribution in [2.45, 2.75) is 82.6 Å². The monoisotopic (exact) mass is 847 g/mol. The highest BCUT2D eigenvalue weighted by Gasteiger charge is 2.52. The quantitative estimate of drug-likeness (QED) is 0.120. The van der Waals surface area contributed by atoms with Gasteiger partial charge in [-0.1, -0.05) is 92.7 Å². The summed E-state index contributed by atoms with van der Waals surface area (Å²) >= 11 is 0. The number of nitrogens with one attached hydrogen (secondary N) is 3. The van der Waals surface area contributed by atoms with Crippen molar-refractivity contribution >= 4 is 46.1 Å². The van der Waals surface area contributed by atoms with Crippen LogP contribution >= 0.6 is 0 Å². The topological polar surface area (TPSA) is 158 Å². The first-order chi connectivity index (χ1) is 30.6. The molecule has 1 aliphatic carbocycles. The van der Waals surface area contributed by atoms with Crippen LogP contribution in [0.4, 0.5) is 9.59 Å². The van der Waals surface area contributed by atoms with E-state index in [2.05, 4.69) is 76.3 Å². The smallest absolute Gasteiger partial charge is 0.407 e. The number of aromatic nitrogens is 2. The molecule has 4 aromatic carbocycles. The predicted octanol–water partition coefficient (Wildman–Crippen LogP) is 8.60. The Balaban J connectivity index is 0.862. The standard InChI is InChI=1S/C50H53N7O6/c1-29(2)43(54-49(60)62-3)47(58)56-22-8-11-42(56)46-52-28-41(53-46)36-19-18-34-23-33(16-17-35(34)24-36)30-12-14-31(15-13-30)38-26-40(51-27-38)45-37-20-21-39(25-37)57(45)48(59)44(55-50(61)63-4)32-9-6-5-7-10-32/h5-7,9-10,12-19,23-24,27-29,37,39,42-45H,8,11,20-22,25-26H2,1-4H3,(H,52,53)(H,54,60)(H,55,61)/t37-,39+,42+,43+,44-,45+/m1/s1. The van der Waals surface area contributed by atoms with Gasteiger partial charge in [-0.2, -0.15) is 0 Å². The first kappa shape index (κ1) is 41.6. The maximum atomic E-state index is 14.3. The van der Waals surface area contributed by atoms with Gasteiger partial charge in [-0.3, -0.25) is 14.6 Å². The van der Waals surface area contributed by atoms with Crippen molar-refractivity contribution in [3.63, 3.8) is 0 Å². The lowest BCUT2D eigenvalue weighted by atomic mass is 9.89. The number of rotatable bonds is 11. The molecular weight excluding hydrogens is 795 g/mol. The molecule has 9 rings (SSSR count). The molecule has 1 saturated carbocycles. The van der Waals surface area contributed by atoms with E-state index in [1.807, 2.05) is 66.4 Å². The lowest BCUT2D eigenvalue weighted by molar-refractivity contribution is -0.136. The van der Waals surface area contributed by atoms with Gasteiger partial charge < -0.3 is 34.9 Å². The Morgan fingerprint density at radius 1 is 0.778 bits per heavy atom. The molecule has 2 saturated heterocycles. The largest absolute Gasteiger partial charge is 0.453 e. The van der Waals surface area contributed by atoms with Crippen molar-refractivity contribution in [3.8, 4) is 22.4 Å². The van der Waals surface area contributed by atoms with E-state index in [-0.39, 0.29) is 35.9 Å². The number of hydrogen-bond donors (Lipinski definition) is 3. The van der Waals surface area contributed by atoms with Crippen LogP contribution in [0.1, 0.15) is 81.4 Å². The summed E-state index contributed by atoms with van der Waals surface area (Å²) in [7, 11) is 2.60. The molecule has 6 atom stereocenters. The van der Waals surface area contributed by atoms with Gasteiger partial charge in [-0.25, -0.2) is 14.6 Å². The van der Waals surface area contributed by atoms with Crippen LogP contribution in [-0.4, -0.2) is 88.4 Å². The molecule has 0 unspecified atom stereocenters. The molecule has 13 nitrogen and oxygen atoms in total. The van der Waals surface area contributed by atoms with Gasteiger partial charge >= 0.3 is 12.2 Å². The third kappa shape index (κ3) is 8.19. The van der Waals surface area contributed by atoms with E-state index in [9.17, 15) is 19.2 Å². The highest BCUT2D eigenvalue weighted by Crippen LogP contribution is 2.46. The molecule has 4 heterocycles. The first-order valence-electron chi connectivity index (χ1n) is 21.9. The zero-order valence-corrected chi connectivity index (χ0v) is 36.0. The van der Waals surface area contributed by atoms with Gasteiger partial charge in [-0.15, -0.1) is 0 Å². The van der Waals surface area contributed by atoms with E-state index in [4.69, 9.17) is 19.5 Å². The summed E-state index contributed by atoms with van der Waals surface area (Å²) in [5, 5.41) is 7.72. The summed E-state index contributed by atoms with van der Waals surface area (Å²) in [5.41, 5.74) is 8.03. The van der Waals surface area contributed by atoms with Crippen molar-refractivity contribution in [2.75, 3.05) is 20.8 Å². The number of H-pyrrole nitrogens is 1. The summed E-state index contributed by atoms with van der Waals surface area (Å²) < 4.78 is 9.69. The molecule has 0 radical (unpaired) electrons. The summed E-state index contributed by atoms with van der Waals surface area (Å²) in [6.45, 7) is 4.41. The normalized spacial score (nSPS) is 21.3. The zero-order chi connectivity index (χ0) is 43.8. The number of carbonyl (C=O) groups excluding carboxylic acids is 4. The Labute approximate surface area is 367 Å². The number of imidazole rings is 1. The average molecular weight is 848 g/mol. The predicted molar refractivity (Wildman–Crippen MR) is 241 cm³/mol. The summed E-state index contributed by atoms with van der Waals surface area (Å²) in [4.78, 5) is 69.3. The van der Waals surface area contributed by atoms with E-state index < -0.39 is 24.3 Å². The minimum absolute atomic E-state index is 0.105. The van der Waals surface area contributed by atoms with Gasteiger partial charge in [0, 0.05) is 36.5 Å². The molecule has 324 valence electrons. The van der Waals surface area contributed by atoms with Crippen LogP contribution in [0.25, 0.3) is 38.7 Å².